The van der Waals surface area contributed by atoms with Gasteiger partial charge in [0.05, 0.1) is 99.1 Å². The molecule has 0 aliphatic carbocycles. The third-order valence-electron chi connectivity index (χ3n) is 20.3. The monoisotopic (exact) mass is 1970 g/mol. The summed E-state index contributed by atoms with van der Waals surface area (Å²) in [6.45, 7) is 45.8. The van der Waals surface area contributed by atoms with Gasteiger partial charge in [0.25, 0.3) is 0 Å². The van der Waals surface area contributed by atoms with Crippen molar-refractivity contribution in [3.8, 4) is 23.0 Å². The molecule has 0 amide bonds. The van der Waals surface area contributed by atoms with Crippen LogP contribution in [0.25, 0.3) is 43.9 Å². The molecule has 0 spiro atoms. The van der Waals surface area contributed by atoms with Gasteiger partial charge < -0.3 is 80.4 Å². The first-order valence-corrected chi connectivity index (χ1v) is 49.5. The maximum absolute atomic E-state index is 12.9. The Morgan fingerprint density at radius 3 is 0.986 bits per heavy atom. The van der Waals surface area contributed by atoms with Crippen LogP contribution in [0, 0.1) is 76.2 Å². The van der Waals surface area contributed by atoms with Crippen molar-refractivity contribution in [1.82, 2.24) is 0 Å². The van der Waals surface area contributed by atoms with Crippen molar-refractivity contribution >= 4 is 117 Å². The minimum atomic E-state index is -1.24. The summed E-state index contributed by atoms with van der Waals surface area (Å²) in [6.07, 6.45) is 6.22. The van der Waals surface area contributed by atoms with Gasteiger partial charge in [-0.3, -0.25) is 0 Å². The number of carbonyl (C=O) groups is 7. The molecule has 0 saturated heterocycles. The van der Waals surface area contributed by atoms with Gasteiger partial charge in [0, 0.05) is 78.4 Å². The SMILES string of the molecule is CCOC(=O)c1c(C)cc(C)cc1O.CCOC(=O)c1c(C)cc(O)cc1O.CCOC(=O)c1c(C)cc(OCC(OCC)OCC)cc1C.CCOC(=O)c1c(C)cc2occc2c1C.CCOC(=O)c1c(C)cc2occc2c1C.CCOC(=O)c1c(C)cc2occc2c1CSc1ccccc1.Cc1cc2occc2c(CSc2ccccc2)c1C(=O)OCC[Si](C)(C)C.[3H]C.[3H]C.[3H]C.[3H]C.[3H]C.[3H]C. The maximum atomic E-state index is 12.9. The lowest BCUT2D eigenvalue weighted by atomic mass is 9.99. The van der Waals surface area contributed by atoms with Crippen LogP contribution in [0.4, 0.5) is 0 Å². The average Bonchev–Trinajstić information content (AvgIpc) is 1.60. The Bertz CT molecular complexity index is 5820. The lowest BCUT2D eigenvalue weighted by molar-refractivity contribution is -0.152. The van der Waals surface area contributed by atoms with E-state index in [1.165, 1.54) is 60.3 Å². The molecule has 4 heterocycles. The molecule has 0 fully saturated rings. The van der Waals surface area contributed by atoms with E-state index in [1.807, 2.05) is 186 Å². The highest BCUT2D eigenvalue weighted by molar-refractivity contribution is 7.98. The van der Waals surface area contributed by atoms with E-state index in [0.717, 1.165) is 123 Å². The van der Waals surface area contributed by atoms with E-state index < -0.39 is 20.0 Å². The van der Waals surface area contributed by atoms with Crippen molar-refractivity contribution in [3.63, 3.8) is 0 Å². The minimum absolute atomic E-state index is 0.0130. The lowest BCUT2D eigenvalue weighted by Gasteiger charge is -2.18. The number of fused-ring (bicyclic) bond motifs is 4. The zero-order valence-electron chi connectivity index (χ0n) is 91.7. The molecule has 4 aromatic heterocycles. The number of furan rings is 4. The first-order chi connectivity index (χ1) is 69.0. The van der Waals surface area contributed by atoms with Gasteiger partial charge in [0.1, 0.15) is 63.1 Å². The van der Waals surface area contributed by atoms with E-state index in [4.69, 9.17) is 78.4 Å². The molecule has 27 heteroatoms. The molecular formula is C111H148O24S2Si. The number of aryl methyl sites for hydroxylation is 11. The van der Waals surface area contributed by atoms with Gasteiger partial charge in [-0.25, -0.2) is 33.6 Å². The van der Waals surface area contributed by atoms with Crippen LogP contribution in [-0.2, 0) is 54.1 Å². The number of rotatable bonds is 29. The van der Waals surface area contributed by atoms with Gasteiger partial charge in [-0.15, -0.1) is 23.5 Å². The number of hydrogen-bond acceptors (Lipinski definition) is 26. The summed E-state index contributed by atoms with van der Waals surface area (Å²) < 4.78 is 109. The van der Waals surface area contributed by atoms with E-state index in [9.17, 15) is 43.8 Å². The van der Waals surface area contributed by atoms with Crippen LogP contribution in [-0.4, -0.2) is 138 Å². The zero-order chi connectivity index (χ0) is 109. The van der Waals surface area contributed by atoms with Crippen molar-refractivity contribution in [3.05, 3.63) is 282 Å². The molecule has 752 valence electrons. The molecule has 13 aromatic rings. The molecule has 0 unspecified atom stereocenters. The number of phenols is 3. The fraction of sp³-hybridized carbons (Fsp3) is 0.378. The Labute approximate surface area is 834 Å². The Kier molecular flexibility index (Phi) is 49.7. The average molecular weight is 1970 g/mol. The Hall–Kier alpha value is -12.5. The van der Waals surface area contributed by atoms with E-state index in [-0.39, 0.29) is 71.1 Å². The summed E-state index contributed by atoms with van der Waals surface area (Å²) in [5, 5.41) is 32.0. The van der Waals surface area contributed by atoms with Crippen LogP contribution in [0.3, 0.4) is 0 Å². The fourth-order valence-corrected chi connectivity index (χ4v) is 17.0. The summed E-state index contributed by atoms with van der Waals surface area (Å²) >= 11 is 3.42. The zero-order valence-corrected chi connectivity index (χ0v) is 88.3. The second-order valence-corrected chi connectivity index (χ2v) is 39.2. The number of ether oxygens (including phenoxy) is 10. The molecule has 0 radical (unpaired) electrons. The number of thioether (sulfide) groups is 2. The Morgan fingerprint density at radius 2 is 0.645 bits per heavy atom. The topological polar surface area (TPSA) is 325 Å². The Morgan fingerprint density at radius 1 is 0.348 bits per heavy atom. The summed E-state index contributed by atoms with van der Waals surface area (Å²) in [5.74, 6) is -0.649. The van der Waals surface area contributed by atoms with E-state index in [2.05, 4.69) is 43.9 Å². The Balaban J connectivity index is 0.000000834. The predicted octanol–water partition coefficient (Wildman–Crippen LogP) is 29.0. The first kappa shape index (κ1) is 112. The summed E-state index contributed by atoms with van der Waals surface area (Å²) in [7, 11) is 6.26. The second-order valence-electron chi connectivity index (χ2n) is 31.5. The van der Waals surface area contributed by atoms with Gasteiger partial charge in [0.2, 0.25) is 0 Å². The van der Waals surface area contributed by atoms with Crippen molar-refractivity contribution < 1.29 is 122 Å². The van der Waals surface area contributed by atoms with Crippen molar-refractivity contribution in [2.24, 2.45) is 0 Å². The molecule has 3 N–H and O–H groups in total. The number of benzene rings is 9. The maximum Gasteiger partial charge on any atom is 0.342 e. The molecule has 13 rings (SSSR count). The van der Waals surface area contributed by atoms with E-state index in [0.29, 0.717) is 110 Å². The molecule has 0 atom stereocenters. The van der Waals surface area contributed by atoms with Crippen LogP contribution in [0.5, 0.6) is 23.0 Å². The molecule has 138 heavy (non-hydrogen) atoms. The van der Waals surface area contributed by atoms with Crippen LogP contribution < -0.4 is 4.74 Å². The summed E-state index contributed by atoms with van der Waals surface area (Å²) in [5.41, 5.74) is 18.0. The second kappa shape index (κ2) is 60.9. The predicted molar refractivity (Wildman–Crippen MR) is 560 cm³/mol. The van der Waals surface area contributed by atoms with Crippen LogP contribution in [0.1, 0.15) is 253 Å². The van der Waals surface area contributed by atoms with Crippen molar-refractivity contribution in [1.29, 1.82) is 0 Å². The van der Waals surface area contributed by atoms with Crippen molar-refractivity contribution in [2.45, 2.75) is 229 Å². The van der Waals surface area contributed by atoms with Crippen LogP contribution in [0.15, 0.2) is 198 Å². The number of esters is 7. The summed E-state index contributed by atoms with van der Waals surface area (Å²) in [4.78, 5) is 85.9. The molecule has 0 aliphatic heterocycles. The molecule has 0 aliphatic rings. The molecule has 0 bridgehead atoms. The van der Waals surface area contributed by atoms with Gasteiger partial charge >= 0.3 is 41.8 Å². The van der Waals surface area contributed by atoms with Gasteiger partial charge in [0.15, 0.2) is 6.29 Å². The first-order valence-electron chi connectivity index (χ1n) is 49.8. The van der Waals surface area contributed by atoms with Crippen LogP contribution >= 0.6 is 23.5 Å². The van der Waals surface area contributed by atoms with Gasteiger partial charge in [-0.1, -0.05) is 107 Å². The highest BCUT2D eigenvalue weighted by Crippen LogP contribution is 2.37. The fourth-order valence-electron chi connectivity index (χ4n) is 14.3. The standard InChI is InChI=1S/C22H26O3SSi.C19H18O3S.C17H26O5.2C13H14O3.C11H14O3.C10H12O4.6CH4/c1-16-14-20-18(10-11-24-20)19(15-26-17-8-6-5-7-9-17)21(16)22(23)25-12-13-27(2,3)4;1-3-21-19(20)18-13(2)11-17-15(9-10-22-17)16(18)12-23-14-7-5-4-6-8-14;1-6-19-15(20-7-2)11-22-14-9-12(4)16(13(5)10-14)17(18)21-8-3;2*1-4-15-13(14)12-8(2)7-11-10(9(12)3)5-6-16-11;1-4-14-11(13)10-8(3)5-7(2)6-9(10)12;1-3-14-10(13)9-6(2)4-7(11)5-8(9)12;;;;;;/h5-11,14H,12-13,15H2,1-4H3;4-11H,3,12H2,1-2H3;9-10,15H,6-8,11H2,1-5H3;2*5-7H,4H2,1-3H3;5-6,12H,4H2,1-3H3;4-5,11-12H,3H2,1-2H3;6*1H4/i;;;;;;;6*1T. The normalized spacial score (nSPS) is 10.6. The molecular weight excluding hydrogens is 1810 g/mol. The quantitative estimate of drug-likeness (QED) is 0.0129. The van der Waals surface area contributed by atoms with Gasteiger partial charge in [-0.05, 0) is 307 Å². The number of hydrogen-bond donors (Lipinski definition) is 3. The van der Waals surface area contributed by atoms with Gasteiger partial charge in [-0.2, -0.15) is 0 Å². The number of phenolic OH excluding ortho intramolecular Hbond substituents is 3. The van der Waals surface area contributed by atoms with E-state index >= 15 is 0 Å². The largest absolute Gasteiger partial charge is 0.508 e. The minimum Gasteiger partial charge on any atom is -0.508 e. The van der Waals surface area contributed by atoms with E-state index in [1.54, 1.807) is 103 Å². The third kappa shape index (κ3) is 35.2. The molecule has 0 saturated carbocycles. The third-order valence-corrected chi connectivity index (χ3v) is 24.1. The molecule has 24 nitrogen and oxygen atoms in total. The lowest BCUT2D eigenvalue weighted by Crippen LogP contribution is -2.25. The highest BCUT2D eigenvalue weighted by Gasteiger charge is 2.27. The summed E-state index contributed by atoms with van der Waals surface area (Å²) in [6, 6.07) is 46.1. The number of aromatic hydroxyl groups is 3. The van der Waals surface area contributed by atoms with Crippen LogP contribution in [0.2, 0.25) is 25.7 Å². The smallest absolute Gasteiger partial charge is 0.342 e. The number of carbonyl (C=O) groups excluding carboxylic acids is 7. The van der Waals surface area contributed by atoms with Crippen molar-refractivity contribution in [2.75, 3.05) is 66.1 Å². The highest BCUT2D eigenvalue weighted by atomic mass is 32.2. The molecule has 9 aromatic carbocycles.